The van der Waals surface area contributed by atoms with E-state index in [4.69, 9.17) is 5.11 Å². The van der Waals surface area contributed by atoms with Crippen LogP contribution in [0.3, 0.4) is 0 Å². The van der Waals surface area contributed by atoms with Gasteiger partial charge in [0.1, 0.15) is 5.54 Å². The molecule has 5 nitrogen and oxygen atoms in total. The molecule has 1 rings (SSSR count). The van der Waals surface area contributed by atoms with E-state index < -0.39 is 11.5 Å². The molecule has 0 saturated heterocycles. The fourth-order valence-electron chi connectivity index (χ4n) is 2.80. The molecule has 0 aliphatic heterocycles. The molecule has 0 aromatic carbocycles. The number of aliphatic carboxylic acids is 1. The lowest BCUT2D eigenvalue weighted by molar-refractivity contribution is -0.143. The van der Waals surface area contributed by atoms with E-state index in [1.165, 1.54) is 32.6 Å². The average Bonchev–Trinajstić information content (AvgIpc) is 2.38. The highest BCUT2D eigenvalue weighted by Gasteiger charge is 2.32. The van der Waals surface area contributed by atoms with Crippen molar-refractivity contribution in [1.29, 1.82) is 0 Å². The Kier molecular flexibility index (Phi) is 6.30. The number of amides is 2. The zero-order chi connectivity index (χ0) is 15.2. The van der Waals surface area contributed by atoms with Crippen LogP contribution >= 0.6 is 0 Å². The number of hydrogen-bond donors (Lipinski definition) is 3. The normalized spacial score (nSPS) is 25.6. The van der Waals surface area contributed by atoms with Gasteiger partial charge in [-0.2, -0.15) is 0 Å². The van der Waals surface area contributed by atoms with Crippen molar-refractivity contribution in [2.45, 2.75) is 64.8 Å². The first kappa shape index (κ1) is 16.8. The minimum Gasteiger partial charge on any atom is -0.480 e. The van der Waals surface area contributed by atoms with E-state index in [2.05, 4.69) is 17.6 Å². The van der Waals surface area contributed by atoms with Crippen LogP contribution in [0.4, 0.5) is 4.79 Å². The summed E-state index contributed by atoms with van der Waals surface area (Å²) in [6, 6.07) is -0.388. The van der Waals surface area contributed by atoms with Crippen molar-refractivity contribution >= 4 is 12.0 Å². The maximum Gasteiger partial charge on any atom is 0.329 e. The number of hydrogen-bond acceptors (Lipinski definition) is 2. The first-order chi connectivity index (χ1) is 9.37. The van der Waals surface area contributed by atoms with Gasteiger partial charge in [-0.3, -0.25) is 0 Å². The van der Waals surface area contributed by atoms with Gasteiger partial charge in [0.2, 0.25) is 0 Å². The maximum absolute atomic E-state index is 11.7. The third-order valence-electron chi connectivity index (χ3n) is 4.45. The SMILES string of the molecule is CCC(C)(NC(=O)NCCC1CCCC(C)C1)C(=O)O. The maximum atomic E-state index is 11.7. The lowest BCUT2D eigenvalue weighted by Gasteiger charge is -2.27. The first-order valence-electron chi connectivity index (χ1n) is 7.66. The molecule has 116 valence electrons. The summed E-state index contributed by atoms with van der Waals surface area (Å²) in [5.74, 6) is 0.477. The zero-order valence-corrected chi connectivity index (χ0v) is 12.9. The van der Waals surface area contributed by atoms with E-state index >= 15 is 0 Å². The van der Waals surface area contributed by atoms with Crippen LogP contribution in [0.1, 0.15) is 59.3 Å². The molecule has 1 aliphatic carbocycles. The number of carboxylic acid groups (broad SMARTS) is 1. The Labute approximate surface area is 121 Å². The third kappa shape index (κ3) is 5.02. The number of carbonyl (C=O) groups is 2. The zero-order valence-electron chi connectivity index (χ0n) is 12.9. The smallest absolute Gasteiger partial charge is 0.329 e. The van der Waals surface area contributed by atoms with Crippen LogP contribution in [0.15, 0.2) is 0 Å². The number of rotatable bonds is 6. The summed E-state index contributed by atoms with van der Waals surface area (Å²) in [7, 11) is 0. The van der Waals surface area contributed by atoms with Gasteiger partial charge in [-0.15, -0.1) is 0 Å². The molecule has 0 aromatic rings. The van der Waals surface area contributed by atoms with E-state index in [9.17, 15) is 9.59 Å². The van der Waals surface area contributed by atoms with Gasteiger partial charge in [0.15, 0.2) is 0 Å². The van der Waals surface area contributed by atoms with Crippen LogP contribution in [0.25, 0.3) is 0 Å². The van der Waals surface area contributed by atoms with Crippen LogP contribution in [-0.4, -0.2) is 29.2 Å². The molecule has 5 heteroatoms. The molecule has 1 aliphatic rings. The van der Waals surface area contributed by atoms with Crippen molar-refractivity contribution in [2.75, 3.05) is 6.54 Å². The summed E-state index contributed by atoms with van der Waals surface area (Å²) in [6.07, 6.45) is 6.42. The lowest BCUT2D eigenvalue weighted by Crippen LogP contribution is -2.55. The molecule has 0 aromatic heterocycles. The molecule has 0 heterocycles. The Morgan fingerprint density at radius 3 is 2.60 bits per heavy atom. The molecule has 2 amide bonds. The monoisotopic (exact) mass is 284 g/mol. The Bertz CT molecular complexity index is 346. The molecule has 20 heavy (non-hydrogen) atoms. The Balaban J connectivity index is 2.27. The standard InChI is InChI=1S/C15H28N2O3/c1-4-15(3,13(18)19)17-14(20)16-9-8-12-7-5-6-11(2)10-12/h11-12H,4-10H2,1-3H3,(H,18,19)(H2,16,17,20). The topological polar surface area (TPSA) is 78.4 Å². The van der Waals surface area contributed by atoms with Crippen molar-refractivity contribution in [3.8, 4) is 0 Å². The second kappa shape index (κ2) is 7.50. The van der Waals surface area contributed by atoms with E-state index in [0.717, 1.165) is 12.3 Å². The molecular formula is C15H28N2O3. The average molecular weight is 284 g/mol. The molecule has 0 bridgehead atoms. The van der Waals surface area contributed by atoms with Gasteiger partial charge in [0, 0.05) is 6.54 Å². The predicted molar refractivity (Wildman–Crippen MR) is 78.6 cm³/mol. The minimum atomic E-state index is -1.19. The summed E-state index contributed by atoms with van der Waals surface area (Å²) in [5, 5.41) is 14.4. The number of nitrogens with one attached hydrogen (secondary N) is 2. The highest BCUT2D eigenvalue weighted by molar-refractivity contribution is 5.85. The van der Waals surface area contributed by atoms with E-state index in [-0.39, 0.29) is 6.03 Å². The summed E-state index contributed by atoms with van der Waals surface area (Å²) < 4.78 is 0. The molecule has 3 N–H and O–H groups in total. The Morgan fingerprint density at radius 1 is 1.35 bits per heavy atom. The molecule has 1 saturated carbocycles. The molecular weight excluding hydrogens is 256 g/mol. The molecule has 3 unspecified atom stereocenters. The quantitative estimate of drug-likeness (QED) is 0.701. The second-order valence-corrected chi connectivity index (χ2v) is 6.30. The van der Waals surface area contributed by atoms with Gasteiger partial charge in [0.05, 0.1) is 0 Å². The minimum absolute atomic E-state index is 0.357. The van der Waals surface area contributed by atoms with Crippen LogP contribution in [0.5, 0.6) is 0 Å². The van der Waals surface area contributed by atoms with Crippen molar-refractivity contribution in [3.63, 3.8) is 0 Å². The summed E-state index contributed by atoms with van der Waals surface area (Å²) >= 11 is 0. The van der Waals surface area contributed by atoms with E-state index in [0.29, 0.717) is 18.9 Å². The van der Waals surface area contributed by atoms with Crippen molar-refractivity contribution in [1.82, 2.24) is 10.6 Å². The molecule has 0 spiro atoms. The van der Waals surface area contributed by atoms with Gasteiger partial charge in [0.25, 0.3) is 0 Å². The van der Waals surface area contributed by atoms with Crippen LogP contribution in [0.2, 0.25) is 0 Å². The van der Waals surface area contributed by atoms with Gasteiger partial charge < -0.3 is 15.7 Å². The van der Waals surface area contributed by atoms with Gasteiger partial charge >= 0.3 is 12.0 Å². The van der Waals surface area contributed by atoms with Gasteiger partial charge in [-0.25, -0.2) is 9.59 Å². The Morgan fingerprint density at radius 2 is 2.05 bits per heavy atom. The van der Waals surface area contributed by atoms with Crippen LogP contribution in [-0.2, 0) is 4.79 Å². The first-order valence-corrected chi connectivity index (χ1v) is 7.66. The molecule has 3 atom stereocenters. The third-order valence-corrected chi connectivity index (χ3v) is 4.45. The van der Waals surface area contributed by atoms with Gasteiger partial charge in [-0.1, -0.05) is 33.1 Å². The number of carboxylic acids is 1. The van der Waals surface area contributed by atoms with Crippen molar-refractivity contribution < 1.29 is 14.7 Å². The van der Waals surface area contributed by atoms with Crippen molar-refractivity contribution in [2.24, 2.45) is 11.8 Å². The predicted octanol–water partition coefficient (Wildman–Crippen LogP) is 2.76. The largest absolute Gasteiger partial charge is 0.480 e. The summed E-state index contributed by atoms with van der Waals surface area (Å²) in [4.78, 5) is 22.8. The molecule has 1 fully saturated rings. The highest BCUT2D eigenvalue weighted by atomic mass is 16.4. The fraction of sp³-hybridized carbons (Fsp3) is 0.867. The summed E-state index contributed by atoms with van der Waals surface area (Å²) in [6.45, 7) is 6.17. The number of urea groups is 1. The summed E-state index contributed by atoms with van der Waals surface area (Å²) in [5.41, 5.74) is -1.19. The number of carbonyl (C=O) groups excluding carboxylic acids is 1. The van der Waals surface area contributed by atoms with Crippen molar-refractivity contribution in [3.05, 3.63) is 0 Å². The second-order valence-electron chi connectivity index (χ2n) is 6.30. The fourth-order valence-corrected chi connectivity index (χ4v) is 2.80. The van der Waals surface area contributed by atoms with E-state index in [1.54, 1.807) is 6.92 Å². The van der Waals surface area contributed by atoms with Crippen LogP contribution in [0, 0.1) is 11.8 Å². The Hall–Kier alpha value is -1.26. The molecule has 0 radical (unpaired) electrons. The van der Waals surface area contributed by atoms with Gasteiger partial charge in [-0.05, 0) is 38.0 Å². The van der Waals surface area contributed by atoms with Crippen LogP contribution < -0.4 is 10.6 Å². The highest BCUT2D eigenvalue weighted by Crippen LogP contribution is 2.30. The van der Waals surface area contributed by atoms with E-state index in [1.807, 2.05) is 0 Å². The lowest BCUT2D eigenvalue weighted by atomic mass is 9.81.